The fourth-order valence-electron chi connectivity index (χ4n) is 2.14. The lowest BCUT2D eigenvalue weighted by molar-refractivity contribution is -0.117. The minimum absolute atomic E-state index is 0.0168. The van der Waals surface area contributed by atoms with Gasteiger partial charge in [-0.2, -0.15) is 0 Å². The normalized spacial score (nSPS) is 11.1. The zero-order chi connectivity index (χ0) is 15.7. The van der Waals surface area contributed by atoms with E-state index in [9.17, 15) is 4.79 Å². The molecule has 1 aromatic rings. The zero-order valence-electron chi connectivity index (χ0n) is 13.4. The molecule has 0 atom stereocenters. The van der Waals surface area contributed by atoms with E-state index < -0.39 is 0 Å². The Kier molecular flexibility index (Phi) is 7.97. The fourth-order valence-corrected chi connectivity index (χ4v) is 2.14. The standard InChI is InChI=1S/C16H28N4O/c1-4-9-20(11-10-19(2)3)13-16(21)18-15-8-6-5-7-14(15)12-17/h5-8H,4,9-13,17H2,1-3H3,(H,18,21). The second-order valence-electron chi connectivity index (χ2n) is 5.49. The molecule has 0 aromatic heterocycles. The molecule has 0 aliphatic rings. The summed E-state index contributed by atoms with van der Waals surface area (Å²) in [5, 5.41) is 2.96. The predicted octanol–water partition coefficient (Wildman–Crippen LogP) is 1.36. The maximum Gasteiger partial charge on any atom is 0.238 e. The number of nitrogens with one attached hydrogen (secondary N) is 1. The molecular weight excluding hydrogens is 264 g/mol. The quantitative estimate of drug-likeness (QED) is 0.721. The Labute approximate surface area is 128 Å². The predicted molar refractivity (Wildman–Crippen MR) is 88.2 cm³/mol. The van der Waals surface area contributed by atoms with Crippen LogP contribution in [0.2, 0.25) is 0 Å². The van der Waals surface area contributed by atoms with E-state index in [1.807, 2.05) is 38.4 Å². The van der Waals surface area contributed by atoms with Crippen molar-refractivity contribution >= 4 is 11.6 Å². The summed E-state index contributed by atoms with van der Waals surface area (Å²) < 4.78 is 0. The van der Waals surface area contributed by atoms with Crippen LogP contribution in [0.3, 0.4) is 0 Å². The van der Waals surface area contributed by atoms with Crippen LogP contribution in [-0.2, 0) is 11.3 Å². The Hall–Kier alpha value is -1.43. The SMILES string of the molecule is CCCN(CCN(C)C)CC(=O)Nc1ccccc1CN. The van der Waals surface area contributed by atoms with Crippen LogP contribution < -0.4 is 11.1 Å². The molecule has 1 amide bonds. The maximum atomic E-state index is 12.2. The summed E-state index contributed by atoms with van der Waals surface area (Å²) in [5.41, 5.74) is 7.46. The van der Waals surface area contributed by atoms with E-state index in [1.165, 1.54) is 0 Å². The summed E-state index contributed by atoms with van der Waals surface area (Å²) in [7, 11) is 4.09. The van der Waals surface area contributed by atoms with Crippen molar-refractivity contribution in [3.63, 3.8) is 0 Å². The lowest BCUT2D eigenvalue weighted by Gasteiger charge is -2.23. The van der Waals surface area contributed by atoms with Gasteiger partial charge in [-0.3, -0.25) is 9.69 Å². The molecule has 0 radical (unpaired) electrons. The zero-order valence-corrected chi connectivity index (χ0v) is 13.4. The number of benzene rings is 1. The van der Waals surface area contributed by atoms with Gasteiger partial charge in [-0.15, -0.1) is 0 Å². The highest BCUT2D eigenvalue weighted by Crippen LogP contribution is 2.13. The van der Waals surface area contributed by atoms with E-state index in [0.717, 1.165) is 37.3 Å². The monoisotopic (exact) mass is 292 g/mol. The average Bonchev–Trinajstić information content (AvgIpc) is 2.45. The van der Waals surface area contributed by atoms with E-state index >= 15 is 0 Å². The number of rotatable bonds is 9. The Morgan fingerprint density at radius 2 is 1.90 bits per heavy atom. The van der Waals surface area contributed by atoms with Crippen molar-refractivity contribution in [1.82, 2.24) is 9.80 Å². The number of carbonyl (C=O) groups is 1. The van der Waals surface area contributed by atoms with Crippen molar-refractivity contribution in [1.29, 1.82) is 0 Å². The first kappa shape index (κ1) is 17.6. The summed E-state index contributed by atoms with van der Waals surface area (Å²) in [5.74, 6) is 0.0168. The van der Waals surface area contributed by atoms with Crippen LogP contribution in [0.1, 0.15) is 18.9 Å². The number of hydrogen-bond donors (Lipinski definition) is 2. The van der Waals surface area contributed by atoms with Crippen LogP contribution in [0.15, 0.2) is 24.3 Å². The van der Waals surface area contributed by atoms with Gasteiger partial charge in [0.2, 0.25) is 5.91 Å². The average molecular weight is 292 g/mol. The van der Waals surface area contributed by atoms with Gasteiger partial charge in [0.15, 0.2) is 0 Å². The molecule has 118 valence electrons. The molecule has 0 heterocycles. The van der Waals surface area contributed by atoms with E-state index in [-0.39, 0.29) is 5.91 Å². The molecule has 5 heteroatoms. The van der Waals surface area contributed by atoms with Gasteiger partial charge in [-0.25, -0.2) is 0 Å². The second-order valence-corrected chi connectivity index (χ2v) is 5.49. The summed E-state index contributed by atoms with van der Waals surface area (Å²) in [6.45, 7) is 5.75. The fraction of sp³-hybridized carbons (Fsp3) is 0.562. The first-order valence-electron chi connectivity index (χ1n) is 7.51. The highest BCUT2D eigenvalue weighted by molar-refractivity contribution is 5.92. The number of nitrogens with two attached hydrogens (primary N) is 1. The third-order valence-corrected chi connectivity index (χ3v) is 3.28. The molecule has 0 saturated carbocycles. The molecule has 0 aliphatic heterocycles. The minimum atomic E-state index is 0.0168. The van der Waals surface area contributed by atoms with Crippen LogP contribution in [0.25, 0.3) is 0 Å². The van der Waals surface area contributed by atoms with E-state index in [1.54, 1.807) is 0 Å². The molecule has 0 unspecified atom stereocenters. The molecule has 0 bridgehead atoms. The van der Waals surface area contributed by atoms with E-state index in [4.69, 9.17) is 5.73 Å². The van der Waals surface area contributed by atoms with Gasteiger partial charge in [0.1, 0.15) is 0 Å². The number of nitrogens with zero attached hydrogens (tertiary/aromatic N) is 2. The summed E-state index contributed by atoms with van der Waals surface area (Å²) in [4.78, 5) is 16.5. The third kappa shape index (κ3) is 6.71. The van der Waals surface area contributed by atoms with Crippen molar-refractivity contribution in [2.75, 3.05) is 45.6 Å². The van der Waals surface area contributed by atoms with Gasteiger partial charge >= 0.3 is 0 Å². The smallest absolute Gasteiger partial charge is 0.238 e. The number of para-hydroxylation sites is 1. The number of carbonyl (C=O) groups excluding carboxylic acids is 1. The number of amides is 1. The molecule has 0 aliphatic carbocycles. The maximum absolute atomic E-state index is 12.2. The molecule has 0 fully saturated rings. The lowest BCUT2D eigenvalue weighted by Crippen LogP contribution is -2.38. The molecular formula is C16H28N4O. The van der Waals surface area contributed by atoms with E-state index in [2.05, 4.69) is 22.0 Å². The van der Waals surface area contributed by atoms with Crippen LogP contribution in [0.4, 0.5) is 5.69 Å². The molecule has 0 spiro atoms. The van der Waals surface area contributed by atoms with Gasteiger partial charge in [0, 0.05) is 25.3 Å². The summed E-state index contributed by atoms with van der Waals surface area (Å²) in [6, 6.07) is 7.67. The van der Waals surface area contributed by atoms with Gasteiger partial charge in [-0.1, -0.05) is 25.1 Å². The molecule has 5 nitrogen and oxygen atoms in total. The van der Waals surface area contributed by atoms with Crippen LogP contribution in [0, 0.1) is 0 Å². The van der Waals surface area contributed by atoms with Crippen LogP contribution in [-0.4, -0.2) is 56.0 Å². The highest BCUT2D eigenvalue weighted by atomic mass is 16.2. The van der Waals surface area contributed by atoms with Crippen molar-refractivity contribution in [3.8, 4) is 0 Å². The van der Waals surface area contributed by atoms with Gasteiger partial charge < -0.3 is 16.0 Å². The Bertz CT molecular complexity index is 434. The van der Waals surface area contributed by atoms with Crippen molar-refractivity contribution in [2.45, 2.75) is 19.9 Å². The van der Waals surface area contributed by atoms with Gasteiger partial charge in [-0.05, 0) is 38.7 Å². The van der Waals surface area contributed by atoms with E-state index in [0.29, 0.717) is 13.1 Å². The van der Waals surface area contributed by atoms with Crippen molar-refractivity contribution in [2.24, 2.45) is 5.73 Å². The Morgan fingerprint density at radius 3 is 2.52 bits per heavy atom. The first-order valence-corrected chi connectivity index (χ1v) is 7.51. The van der Waals surface area contributed by atoms with Gasteiger partial charge in [0.25, 0.3) is 0 Å². The summed E-state index contributed by atoms with van der Waals surface area (Å²) >= 11 is 0. The van der Waals surface area contributed by atoms with Gasteiger partial charge in [0.05, 0.1) is 6.54 Å². The van der Waals surface area contributed by atoms with Crippen LogP contribution >= 0.6 is 0 Å². The third-order valence-electron chi connectivity index (χ3n) is 3.28. The first-order chi connectivity index (χ1) is 10.1. The number of anilines is 1. The molecule has 1 aromatic carbocycles. The summed E-state index contributed by atoms with van der Waals surface area (Å²) in [6.07, 6.45) is 1.04. The molecule has 3 N–H and O–H groups in total. The Morgan fingerprint density at radius 1 is 1.19 bits per heavy atom. The number of hydrogen-bond acceptors (Lipinski definition) is 4. The second kappa shape index (κ2) is 9.50. The largest absolute Gasteiger partial charge is 0.326 e. The Balaban J connectivity index is 2.56. The molecule has 1 rings (SSSR count). The molecule has 21 heavy (non-hydrogen) atoms. The van der Waals surface area contributed by atoms with Crippen molar-refractivity contribution in [3.05, 3.63) is 29.8 Å². The minimum Gasteiger partial charge on any atom is -0.326 e. The molecule has 0 saturated heterocycles. The number of likely N-dealkylation sites (N-methyl/N-ethyl adjacent to an activating group) is 1. The topological polar surface area (TPSA) is 61.6 Å². The van der Waals surface area contributed by atoms with Crippen LogP contribution in [0.5, 0.6) is 0 Å². The highest BCUT2D eigenvalue weighted by Gasteiger charge is 2.11. The lowest BCUT2D eigenvalue weighted by atomic mass is 10.2. The van der Waals surface area contributed by atoms with Crippen molar-refractivity contribution < 1.29 is 4.79 Å².